The molecule has 68 valence electrons. The molecule has 0 aromatic rings. The zero-order valence-electron chi connectivity index (χ0n) is 8.10. The van der Waals surface area contributed by atoms with Crippen molar-refractivity contribution >= 4 is 0 Å². The number of rotatable bonds is 7. The molecule has 0 bridgehead atoms. The summed E-state index contributed by atoms with van der Waals surface area (Å²) >= 11 is 0. The van der Waals surface area contributed by atoms with Crippen molar-refractivity contribution < 1.29 is 0 Å². The van der Waals surface area contributed by atoms with E-state index in [2.05, 4.69) is 12.8 Å². The maximum Gasteiger partial charge on any atom is 0.0584 e. The first kappa shape index (κ1) is 11.4. The number of nitrogens with zero attached hydrogens (tertiary/aromatic N) is 1. The van der Waals surface area contributed by atoms with Gasteiger partial charge in [-0.25, -0.2) is 0 Å². The first-order chi connectivity index (χ1) is 5.91. The highest BCUT2D eigenvalue weighted by Gasteiger charge is 1.88. The van der Waals surface area contributed by atoms with E-state index in [-0.39, 0.29) is 0 Å². The molecule has 2 radical (unpaired) electrons. The minimum atomic E-state index is 0.851. The van der Waals surface area contributed by atoms with Crippen LogP contribution in [0.25, 0.3) is 0 Å². The van der Waals surface area contributed by atoms with Crippen molar-refractivity contribution in [2.45, 2.75) is 58.3 Å². The summed E-state index contributed by atoms with van der Waals surface area (Å²) < 4.78 is 0. The van der Waals surface area contributed by atoms with E-state index < -0.39 is 0 Å². The van der Waals surface area contributed by atoms with E-state index in [1.54, 1.807) is 0 Å². The van der Waals surface area contributed by atoms with Gasteiger partial charge in [-0.2, -0.15) is 0 Å². The quantitative estimate of drug-likeness (QED) is 0.408. The van der Waals surface area contributed by atoms with Gasteiger partial charge in [0.1, 0.15) is 0 Å². The first-order valence-electron chi connectivity index (χ1n) is 5.03. The average molecular weight is 165 g/mol. The second-order valence-electron chi connectivity index (χ2n) is 3.16. The van der Waals surface area contributed by atoms with E-state index >= 15 is 0 Å². The third-order valence-corrected chi connectivity index (χ3v) is 1.98. The molecule has 0 atom stereocenters. The van der Waals surface area contributed by atoms with E-state index in [1.807, 2.05) is 6.04 Å². The smallest absolute Gasteiger partial charge is 0.0584 e. The van der Waals surface area contributed by atoms with Gasteiger partial charge in [-0.1, -0.05) is 57.1 Å². The second kappa shape index (κ2) is 10.4. The van der Waals surface area contributed by atoms with Gasteiger partial charge in [-0.3, -0.25) is 0 Å². The van der Waals surface area contributed by atoms with Crippen LogP contribution in [-0.4, -0.2) is 0 Å². The molecule has 0 aliphatic rings. The average Bonchev–Trinajstić information content (AvgIpc) is 2.10. The lowest BCUT2D eigenvalue weighted by Gasteiger charge is -1.97. The third kappa shape index (κ3) is 9.36. The Kier molecular flexibility index (Phi) is 9.81. The fourth-order valence-corrected chi connectivity index (χ4v) is 1.23. The topological polar surface area (TPSA) is 22.3 Å². The van der Waals surface area contributed by atoms with Crippen molar-refractivity contribution in [3.63, 3.8) is 0 Å². The molecule has 0 aromatic carbocycles. The van der Waals surface area contributed by atoms with Crippen molar-refractivity contribution in [3.05, 3.63) is 0 Å². The molecule has 0 aliphatic carbocycles. The van der Waals surface area contributed by atoms with E-state index in [9.17, 15) is 0 Å². The Bertz CT molecular complexity index is 130. The predicted molar refractivity (Wildman–Crippen MR) is 52.5 cm³/mol. The fourth-order valence-electron chi connectivity index (χ4n) is 1.23. The minimum Gasteiger partial charge on any atom is -0.0878 e. The summed E-state index contributed by atoms with van der Waals surface area (Å²) in [5.41, 5.74) is 8.18. The molecule has 0 aliphatic heterocycles. The summed E-state index contributed by atoms with van der Waals surface area (Å²) in [5.74, 6) is 2.66. The Hall–Kier alpha value is -0.640. The van der Waals surface area contributed by atoms with Gasteiger partial charge in [-0.15, -0.1) is 0 Å². The summed E-state index contributed by atoms with van der Waals surface area (Å²) in [7, 11) is 0. The summed E-state index contributed by atoms with van der Waals surface area (Å²) in [6.45, 7) is 2.23. The van der Waals surface area contributed by atoms with Crippen LogP contribution in [0.4, 0.5) is 0 Å². The van der Waals surface area contributed by atoms with Gasteiger partial charge < -0.3 is 0 Å². The summed E-state index contributed by atoms with van der Waals surface area (Å²) in [6.07, 6.45) is 10.0. The summed E-state index contributed by atoms with van der Waals surface area (Å²) in [6, 6.07) is 1.93. The van der Waals surface area contributed by atoms with Crippen LogP contribution < -0.4 is 5.73 Å². The highest BCUT2D eigenvalue weighted by molar-refractivity contribution is 4.92. The lowest BCUT2D eigenvalue weighted by molar-refractivity contribution is 0.594. The summed E-state index contributed by atoms with van der Waals surface area (Å²) in [5, 5.41) is 0. The monoisotopic (exact) mass is 165 g/mol. The maximum atomic E-state index is 8.18. The van der Waals surface area contributed by atoms with E-state index in [1.165, 1.54) is 38.5 Å². The molecular weight excluding hydrogens is 146 g/mol. The van der Waals surface area contributed by atoms with E-state index in [0.717, 1.165) is 12.8 Å². The highest BCUT2D eigenvalue weighted by atomic mass is 14.4. The number of hydrogen-bond acceptors (Lipinski definition) is 0. The molecule has 1 nitrogen and oxygen atoms in total. The van der Waals surface area contributed by atoms with Crippen molar-refractivity contribution in [3.8, 4) is 12.0 Å². The Morgan fingerprint density at radius 2 is 1.50 bits per heavy atom. The van der Waals surface area contributed by atoms with Gasteiger partial charge in [-0.05, 0) is 6.42 Å². The van der Waals surface area contributed by atoms with Gasteiger partial charge in [0.15, 0.2) is 0 Å². The van der Waals surface area contributed by atoms with Crippen molar-refractivity contribution in [2.24, 2.45) is 0 Å². The van der Waals surface area contributed by atoms with Gasteiger partial charge in [0.05, 0.1) is 6.04 Å². The van der Waals surface area contributed by atoms with Crippen LogP contribution in [0.1, 0.15) is 58.3 Å². The largest absolute Gasteiger partial charge is 0.0878 e. The molecule has 1 heteroatoms. The van der Waals surface area contributed by atoms with Crippen LogP contribution in [-0.2, 0) is 0 Å². The number of hydrogen-bond donors (Lipinski definition) is 0. The van der Waals surface area contributed by atoms with Gasteiger partial charge in [0.2, 0.25) is 0 Å². The molecule has 12 heavy (non-hydrogen) atoms. The fraction of sp³-hybridized carbons (Fsp3) is 0.818. The molecule has 0 saturated heterocycles. The second-order valence-corrected chi connectivity index (χ2v) is 3.16. The van der Waals surface area contributed by atoms with Gasteiger partial charge >= 0.3 is 0 Å². The van der Waals surface area contributed by atoms with E-state index in [4.69, 9.17) is 5.73 Å². The SMILES string of the molecule is CCCCCCCCCC#C[N]. The van der Waals surface area contributed by atoms with Crippen molar-refractivity contribution in [1.82, 2.24) is 5.73 Å². The third-order valence-electron chi connectivity index (χ3n) is 1.98. The molecule has 0 N–H and O–H groups in total. The lowest BCUT2D eigenvalue weighted by Crippen LogP contribution is -1.78. The Balaban J connectivity index is 2.84. The number of unbranched alkanes of at least 4 members (excludes halogenated alkanes) is 7. The van der Waals surface area contributed by atoms with Crippen LogP contribution in [0.5, 0.6) is 0 Å². The zero-order chi connectivity index (χ0) is 9.07. The Morgan fingerprint density at radius 3 is 2.08 bits per heavy atom. The molecule has 0 saturated carbocycles. The molecule has 0 spiro atoms. The molecule has 0 amide bonds. The van der Waals surface area contributed by atoms with Crippen LogP contribution in [0.3, 0.4) is 0 Å². The van der Waals surface area contributed by atoms with Gasteiger partial charge in [0, 0.05) is 6.42 Å². The van der Waals surface area contributed by atoms with Crippen LogP contribution in [0.2, 0.25) is 0 Å². The molecular formula is C11H19N. The van der Waals surface area contributed by atoms with Crippen LogP contribution in [0.15, 0.2) is 0 Å². The normalized spacial score (nSPS) is 9.08. The maximum absolute atomic E-state index is 8.18. The Labute approximate surface area is 76.7 Å². The highest BCUT2D eigenvalue weighted by Crippen LogP contribution is 2.07. The molecule has 0 unspecified atom stereocenters. The van der Waals surface area contributed by atoms with Crippen LogP contribution in [0, 0.1) is 12.0 Å². The van der Waals surface area contributed by atoms with Gasteiger partial charge in [0.25, 0.3) is 0 Å². The molecule has 0 fully saturated rings. The predicted octanol–water partition coefficient (Wildman–Crippen LogP) is 3.16. The van der Waals surface area contributed by atoms with Crippen LogP contribution >= 0.6 is 0 Å². The van der Waals surface area contributed by atoms with E-state index in [0.29, 0.717) is 0 Å². The first-order valence-corrected chi connectivity index (χ1v) is 5.03. The van der Waals surface area contributed by atoms with Crippen molar-refractivity contribution in [2.75, 3.05) is 0 Å². The van der Waals surface area contributed by atoms with Crippen molar-refractivity contribution in [1.29, 1.82) is 0 Å². The lowest BCUT2D eigenvalue weighted by atomic mass is 10.1. The zero-order valence-corrected chi connectivity index (χ0v) is 8.10. The standard InChI is InChI=1S/C11H19N/c1-2-3-4-5-6-7-8-9-10-11-12/h2-9H2,1H3. The minimum absolute atomic E-state index is 0.851. The Morgan fingerprint density at radius 1 is 0.917 bits per heavy atom. The molecule has 0 aromatic heterocycles. The molecule has 0 heterocycles. The molecule has 0 rings (SSSR count). The summed E-state index contributed by atoms with van der Waals surface area (Å²) in [4.78, 5) is 0.